The van der Waals surface area contributed by atoms with Crippen LogP contribution >= 0.6 is 0 Å². The molecule has 0 spiro atoms. The number of likely N-dealkylation sites (tertiary alicyclic amines) is 1. The zero-order valence-electron chi connectivity index (χ0n) is 21.2. The van der Waals surface area contributed by atoms with Gasteiger partial charge in [0, 0.05) is 43.0 Å². The minimum atomic E-state index is -0.448. The third-order valence-electron chi connectivity index (χ3n) is 6.90. The Morgan fingerprint density at radius 2 is 1.94 bits per heavy atom. The first-order valence-electron chi connectivity index (χ1n) is 12.6. The van der Waals surface area contributed by atoms with Crippen LogP contribution in [0.25, 0.3) is 11.1 Å². The molecule has 9 heteroatoms. The summed E-state index contributed by atoms with van der Waals surface area (Å²) in [4.78, 5) is 29.1. The average molecular weight is 483 g/mol. The molecule has 2 aliphatic rings. The van der Waals surface area contributed by atoms with Gasteiger partial charge in [-0.15, -0.1) is 0 Å². The molecule has 2 atom stereocenters. The fraction of sp³-hybridized carbons (Fsp3) is 0.577. The number of hydrogen-bond donors (Lipinski definition) is 2. The van der Waals surface area contributed by atoms with E-state index in [9.17, 15) is 9.59 Å². The number of piperidine rings is 1. The van der Waals surface area contributed by atoms with Crippen LogP contribution in [0.1, 0.15) is 58.6 Å². The molecule has 1 saturated heterocycles. The predicted octanol–water partition coefficient (Wildman–Crippen LogP) is 3.29. The Kier molecular flexibility index (Phi) is 7.76. The average Bonchev–Trinajstić information content (AvgIpc) is 3.27. The number of carbonyl (C=O) groups excluding carboxylic acids is 2. The lowest BCUT2D eigenvalue weighted by Gasteiger charge is -2.39. The zero-order valence-corrected chi connectivity index (χ0v) is 21.2. The van der Waals surface area contributed by atoms with Crippen LogP contribution in [0.3, 0.4) is 0 Å². The van der Waals surface area contributed by atoms with Gasteiger partial charge in [-0.1, -0.05) is 6.07 Å². The van der Waals surface area contributed by atoms with Crippen molar-refractivity contribution in [1.29, 1.82) is 0 Å². The van der Waals surface area contributed by atoms with Crippen LogP contribution in [0.5, 0.6) is 0 Å². The van der Waals surface area contributed by atoms with Crippen molar-refractivity contribution < 1.29 is 14.3 Å². The van der Waals surface area contributed by atoms with E-state index in [1.807, 2.05) is 43.8 Å². The van der Waals surface area contributed by atoms with Crippen molar-refractivity contribution in [3.63, 3.8) is 0 Å². The van der Waals surface area contributed by atoms with Crippen molar-refractivity contribution in [2.24, 2.45) is 5.73 Å². The van der Waals surface area contributed by atoms with Gasteiger partial charge >= 0.3 is 6.09 Å². The number of anilines is 1. The molecule has 9 nitrogen and oxygen atoms in total. The van der Waals surface area contributed by atoms with E-state index in [0.29, 0.717) is 12.5 Å². The second-order valence-corrected chi connectivity index (χ2v) is 10.1. The highest BCUT2D eigenvalue weighted by molar-refractivity contribution is 5.94. The highest BCUT2D eigenvalue weighted by atomic mass is 16.6. The van der Waals surface area contributed by atoms with E-state index in [1.54, 1.807) is 11.8 Å². The molecule has 3 heterocycles. The minimum Gasteiger partial charge on any atom is -0.447 e. The SMILES string of the molecule is CC(=O)N1c2ccc(-c3cnn(CCN4CCC(N)CC4)c3)cc2C(NC(=O)OC(C)C)C[C@H]1C. The van der Waals surface area contributed by atoms with Crippen LogP contribution in [0.2, 0.25) is 0 Å². The number of nitrogens with two attached hydrogens (primary N) is 1. The monoisotopic (exact) mass is 482 g/mol. The van der Waals surface area contributed by atoms with Crippen LogP contribution in [0.15, 0.2) is 30.6 Å². The van der Waals surface area contributed by atoms with Gasteiger partial charge in [0.2, 0.25) is 5.91 Å². The lowest BCUT2D eigenvalue weighted by molar-refractivity contribution is -0.117. The maximum absolute atomic E-state index is 12.4. The Balaban J connectivity index is 1.53. The molecule has 3 N–H and O–H groups in total. The number of aromatic nitrogens is 2. The van der Waals surface area contributed by atoms with Crippen LogP contribution < -0.4 is 16.0 Å². The normalized spacial score (nSPS) is 21.1. The standard InChI is InChI=1S/C26H38N6O3/c1-17(2)35-26(34)29-24-13-18(3)32(19(4)33)25-6-5-20(14-23(24)25)21-15-28-31(16-21)12-11-30-9-7-22(27)8-10-30/h5-6,14-18,22,24H,7-13,27H2,1-4H3,(H,29,34)/t18-,24?/m1/s1. The number of nitrogens with one attached hydrogen (secondary N) is 1. The third-order valence-corrected chi connectivity index (χ3v) is 6.90. The van der Waals surface area contributed by atoms with Gasteiger partial charge in [-0.3, -0.25) is 9.48 Å². The van der Waals surface area contributed by atoms with Gasteiger partial charge in [0.05, 0.1) is 24.9 Å². The molecule has 1 aromatic heterocycles. The summed E-state index contributed by atoms with van der Waals surface area (Å²) < 4.78 is 7.30. The highest BCUT2D eigenvalue weighted by Gasteiger charge is 2.34. The zero-order chi connectivity index (χ0) is 25.1. The summed E-state index contributed by atoms with van der Waals surface area (Å²) in [5.74, 6) is -0.0128. The molecule has 0 bridgehead atoms. The number of alkyl carbamates (subject to hydrolysis) is 1. The maximum Gasteiger partial charge on any atom is 0.407 e. The number of carbonyl (C=O) groups is 2. The molecular formula is C26H38N6O3. The quantitative estimate of drug-likeness (QED) is 0.655. The second kappa shape index (κ2) is 10.8. The van der Waals surface area contributed by atoms with Gasteiger partial charge in [-0.2, -0.15) is 5.10 Å². The number of fused-ring (bicyclic) bond motifs is 1. The van der Waals surface area contributed by atoms with E-state index in [-0.39, 0.29) is 24.1 Å². The Bertz CT molecular complexity index is 1040. The molecule has 4 rings (SSSR count). The smallest absolute Gasteiger partial charge is 0.407 e. The van der Waals surface area contributed by atoms with E-state index < -0.39 is 6.09 Å². The number of rotatable bonds is 6. The van der Waals surface area contributed by atoms with Crippen LogP contribution in [0.4, 0.5) is 10.5 Å². The van der Waals surface area contributed by atoms with E-state index >= 15 is 0 Å². The van der Waals surface area contributed by atoms with Gasteiger partial charge in [0.1, 0.15) is 0 Å². The molecule has 0 aliphatic carbocycles. The van der Waals surface area contributed by atoms with Gasteiger partial charge in [0.15, 0.2) is 0 Å². The molecule has 0 saturated carbocycles. The molecule has 2 aromatic rings. The summed E-state index contributed by atoms with van der Waals surface area (Å²) in [7, 11) is 0. The summed E-state index contributed by atoms with van der Waals surface area (Å²) in [5, 5.41) is 7.58. The molecular weight excluding hydrogens is 444 g/mol. The third kappa shape index (κ3) is 6.02. The fourth-order valence-corrected chi connectivity index (χ4v) is 5.11. The first kappa shape index (κ1) is 25.2. The number of amides is 2. The van der Waals surface area contributed by atoms with E-state index in [0.717, 1.165) is 61.4 Å². The number of benzene rings is 1. The van der Waals surface area contributed by atoms with Crippen LogP contribution in [-0.4, -0.2) is 64.5 Å². The van der Waals surface area contributed by atoms with Gasteiger partial charge in [-0.05, 0) is 76.4 Å². The van der Waals surface area contributed by atoms with Gasteiger partial charge in [0.25, 0.3) is 0 Å². The second-order valence-electron chi connectivity index (χ2n) is 10.1. The van der Waals surface area contributed by atoms with Crippen LogP contribution in [0, 0.1) is 0 Å². The fourth-order valence-electron chi connectivity index (χ4n) is 5.11. The largest absolute Gasteiger partial charge is 0.447 e. The topological polar surface area (TPSA) is 106 Å². The number of ether oxygens (including phenoxy) is 1. The lowest BCUT2D eigenvalue weighted by atomic mass is 9.89. The van der Waals surface area contributed by atoms with Crippen molar-refractivity contribution in [3.8, 4) is 11.1 Å². The van der Waals surface area contributed by atoms with Gasteiger partial charge in [-0.25, -0.2) is 4.79 Å². The number of nitrogens with zero attached hydrogens (tertiary/aromatic N) is 4. The Morgan fingerprint density at radius 3 is 2.63 bits per heavy atom. The van der Waals surface area contributed by atoms with Gasteiger partial charge < -0.3 is 25.6 Å². The molecule has 35 heavy (non-hydrogen) atoms. The Hall–Kier alpha value is -2.91. The summed E-state index contributed by atoms with van der Waals surface area (Å²) in [6.07, 6.45) is 5.99. The Morgan fingerprint density at radius 1 is 1.20 bits per heavy atom. The van der Waals surface area contributed by atoms with Crippen molar-refractivity contribution in [2.75, 3.05) is 24.5 Å². The highest BCUT2D eigenvalue weighted by Crippen LogP contribution is 2.39. The van der Waals surface area contributed by atoms with Crippen molar-refractivity contribution in [2.45, 2.75) is 77.7 Å². The first-order chi connectivity index (χ1) is 16.7. The Labute approximate surface area is 207 Å². The van der Waals surface area contributed by atoms with Crippen LogP contribution in [-0.2, 0) is 16.1 Å². The van der Waals surface area contributed by atoms with Crippen molar-refractivity contribution in [1.82, 2.24) is 20.0 Å². The van der Waals surface area contributed by atoms with Crippen molar-refractivity contribution in [3.05, 3.63) is 36.2 Å². The molecule has 2 amide bonds. The van der Waals surface area contributed by atoms with E-state index in [2.05, 4.69) is 27.6 Å². The summed E-state index contributed by atoms with van der Waals surface area (Å²) in [5.41, 5.74) is 9.76. The molecule has 1 unspecified atom stereocenters. The molecule has 190 valence electrons. The van der Waals surface area contributed by atoms with E-state index in [1.165, 1.54) is 0 Å². The predicted molar refractivity (Wildman–Crippen MR) is 136 cm³/mol. The molecule has 0 radical (unpaired) electrons. The summed E-state index contributed by atoms with van der Waals surface area (Å²) >= 11 is 0. The molecule has 1 aromatic carbocycles. The maximum atomic E-state index is 12.4. The number of hydrogen-bond acceptors (Lipinski definition) is 6. The van der Waals surface area contributed by atoms with Crippen molar-refractivity contribution >= 4 is 17.7 Å². The minimum absolute atomic E-state index is 0.0128. The summed E-state index contributed by atoms with van der Waals surface area (Å²) in [6, 6.07) is 6.09. The van der Waals surface area contributed by atoms with E-state index in [4.69, 9.17) is 10.5 Å². The molecule has 1 fully saturated rings. The lowest BCUT2D eigenvalue weighted by Crippen LogP contribution is -2.45. The summed E-state index contributed by atoms with van der Waals surface area (Å²) in [6.45, 7) is 11.1. The molecule has 2 aliphatic heterocycles. The first-order valence-corrected chi connectivity index (χ1v) is 12.6.